The number of hydrogen-bond acceptors (Lipinski definition) is 2. The van der Waals surface area contributed by atoms with Gasteiger partial charge in [0.05, 0.1) is 6.54 Å². The van der Waals surface area contributed by atoms with E-state index in [-0.39, 0.29) is 35.4 Å². The van der Waals surface area contributed by atoms with Crippen molar-refractivity contribution < 1.29 is 9.59 Å². The van der Waals surface area contributed by atoms with Gasteiger partial charge in [-0.2, -0.15) is 0 Å². The van der Waals surface area contributed by atoms with Gasteiger partial charge >= 0.3 is 0 Å². The van der Waals surface area contributed by atoms with E-state index in [1.54, 1.807) is 0 Å². The molecule has 36 heavy (non-hydrogen) atoms. The van der Waals surface area contributed by atoms with E-state index >= 15 is 0 Å². The lowest BCUT2D eigenvalue weighted by Crippen LogP contribution is -2.61. The maximum atomic E-state index is 13.7. The van der Waals surface area contributed by atoms with Crippen LogP contribution < -0.4 is 5.32 Å². The normalized spacial score (nSPS) is 35.7. The number of aryl methyl sites for hydroxylation is 1. The molecule has 2 amide bonds. The van der Waals surface area contributed by atoms with Gasteiger partial charge in [0, 0.05) is 34.6 Å². The third-order valence-electron chi connectivity index (χ3n) is 10.8. The Hall–Kier alpha value is -2.30. The van der Waals surface area contributed by atoms with E-state index in [9.17, 15) is 9.59 Å². The highest BCUT2D eigenvalue weighted by atomic mass is 16.2. The number of aromatic nitrogens is 1. The van der Waals surface area contributed by atoms with Gasteiger partial charge < -0.3 is 15.2 Å². The highest BCUT2D eigenvalue weighted by molar-refractivity contribution is 5.88. The molecule has 5 nitrogen and oxygen atoms in total. The number of carbonyl (C=O) groups excluding carboxylic acids is 2. The summed E-state index contributed by atoms with van der Waals surface area (Å²) in [6.07, 6.45) is 10.2. The average molecular weight is 488 g/mol. The molecular weight excluding hydrogens is 446 g/mol. The van der Waals surface area contributed by atoms with E-state index in [0.717, 1.165) is 49.9 Å². The third-order valence-corrected chi connectivity index (χ3v) is 10.8. The summed E-state index contributed by atoms with van der Waals surface area (Å²) < 4.78 is 0. The molecule has 6 fully saturated rings. The second-order valence-corrected chi connectivity index (χ2v) is 13.8. The van der Waals surface area contributed by atoms with Gasteiger partial charge in [0.15, 0.2) is 0 Å². The molecule has 8 rings (SSSR count). The SMILES string of the molecule is Cc1[nH]c2ccccc2c1[C@H]1[C@H](CC(=O)N(CC(=O)NC23CC4CC(CC(C4)C2)C3)C2CC2)C1(C)C. The smallest absolute Gasteiger partial charge is 0.240 e. The number of hydrogen-bond donors (Lipinski definition) is 2. The van der Waals surface area contributed by atoms with Crippen LogP contribution in [0.4, 0.5) is 0 Å². The Morgan fingerprint density at radius 2 is 1.67 bits per heavy atom. The minimum Gasteiger partial charge on any atom is -0.358 e. The summed E-state index contributed by atoms with van der Waals surface area (Å²) in [7, 11) is 0. The van der Waals surface area contributed by atoms with Crippen molar-refractivity contribution in [2.75, 3.05) is 6.54 Å². The Morgan fingerprint density at radius 1 is 1.03 bits per heavy atom. The third kappa shape index (κ3) is 3.71. The number of H-pyrrole nitrogens is 1. The first-order valence-corrected chi connectivity index (χ1v) is 14.4. The first kappa shape index (κ1) is 22.9. The Kier molecular flexibility index (Phi) is 4.99. The lowest BCUT2D eigenvalue weighted by Gasteiger charge is -2.57. The van der Waals surface area contributed by atoms with Gasteiger partial charge in [-0.25, -0.2) is 0 Å². The maximum absolute atomic E-state index is 13.7. The topological polar surface area (TPSA) is 65.2 Å². The standard InChI is InChI=1S/C31H41N3O2/c1-18-28(23-6-4-5-7-25(23)32-18)29-24(30(29,2)3)13-27(36)34(22-8-9-22)17-26(35)33-31-14-19-10-20(15-31)12-21(11-19)16-31/h4-7,19-22,24,29,32H,8-17H2,1-3H3,(H,33,35)/t19?,20?,21?,24-,29+,31?/m0/s1. The predicted octanol–water partition coefficient (Wildman–Crippen LogP) is 5.68. The van der Waals surface area contributed by atoms with E-state index in [1.807, 2.05) is 4.90 Å². The molecule has 6 aliphatic rings. The van der Waals surface area contributed by atoms with Crippen molar-refractivity contribution in [1.82, 2.24) is 15.2 Å². The van der Waals surface area contributed by atoms with Crippen molar-refractivity contribution >= 4 is 22.7 Å². The van der Waals surface area contributed by atoms with E-state index in [1.165, 1.54) is 41.4 Å². The largest absolute Gasteiger partial charge is 0.358 e. The van der Waals surface area contributed by atoms with Crippen LogP contribution in [-0.4, -0.2) is 39.8 Å². The molecule has 6 saturated carbocycles. The molecule has 4 bridgehead atoms. The Balaban J connectivity index is 1.04. The van der Waals surface area contributed by atoms with Crippen molar-refractivity contribution in [3.05, 3.63) is 35.5 Å². The summed E-state index contributed by atoms with van der Waals surface area (Å²) in [5.74, 6) is 3.36. The van der Waals surface area contributed by atoms with E-state index in [4.69, 9.17) is 0 Å². The summed E-state index contributed by atoms with van der Waals surface area (Å²) in [6.45, 7) is 7.01. The molecule has 2 aromatic rings. The van der Waals surface area contributed by atoms with Crippen LogP contribution in [0.5, 0.6) is 0 Å². The minimum absolute atomic E-state index is 0.0144. The molecule has 192 valence electrons. The highest BCUT2D eigenvalue weighted by Crippen LogP contribution is 2.67. The molecule has 2 atom stereocenters. The molecule has 2 N–H and O–H groups in total. The van der Waals surface area contributed by atoms with Gasteiger partial charge in [-0.05, 0) is 105 Å². The molecule has 1 aromatic heterocycles. The average Bonchev–Trinajstić information content (AvgIpc) is 3.69. The molecule has 0 unspecified atom stereocenters. The van der Waals surface area contributed by atoms with Gasteiger partial charge in [0.1, 0.15) is 0 Å². The van der Waals surface area contributed by atoms with Gasteiger partial charge in [-0.15, -0.1) is 0 Å². The fourth-order valence-electron chi connectivity index (χ4n) is 9.26. The number of aromatic amines is 1. The van der Waals surface area contributed by atoms with Crippen LogP contribution in [-0.2, 0) is 9.59 Å². The number of amides is 2. The molecule has 0 spiro atoms. The molecule has 1 aromatic carbocycles. The van der Waals surface area contributed by atoms with Crippen LogP contribution in [0.2, 0.25) is 0 Å². The lowest BCUT2D eigenvalue weighted by atomic mass is 9.53. The van der Waals surface area contributed by atoms with Gasteiger partial charge in [-0.1, -0.05) is 32.0 Å². The Bertz CT molecular complexity index is 1190. The van der Waals surface area contributed by atoms with Gasteiger partial charge in [0.25, 0.3) is 0 Å². The number of benzene rings is 1. The predicted molar refractivity (Wildman–Crippen MR) is 141 cm³/mol. The second kappa shape index (κ2) is 7.85. The molecule has 0 radical (unpaired) electrons. The summed E-state index contributed by atoms with van der Waals surface area (Å²) in [4.78, 5) is 32.5. The highest BCUT2D eigenvalue weighted by Gasteiger charge is 2.60. The number of nitrogens with one attached hydrogen (secondary N) is 2. The van der Waals surface area contributed by atoms with E-state index in [0.29, 0.717) is 18.3 Å². The molecule has 0 saturated heterocycles. The summed E-state index contributed by atoms with van der Waals surface area (Å²) in [5, 5.41) is 4.79. The summed E-state index contributed by atoms with van der Waals surface area (Å²) in [6, 6.07) is 8.77. The first-order chi connectivity index (χ1) is 17.2. The van der Waals surface area contributed by atoms with Crippen molar-refractivity contribution in [2.24, 2.45) is 29.1 Å². The number of fused-ring (bicyclic) bond motifs is 1. The van der Waals surface area contributed by atoms with Crippen molar-refractivity contribution in [1.29, 1.82) is 0 Å². The minimum atomic E-state index is 0.0144. The van der Waals surface area contributed by atoms with Crippen LogP contribution in [0.15, 0.2) is 24.3 Å². The Morgan fingerprint density at radius 3 is 2.31 bits per heavy atom. The number of rotatable bonds is 7. The number of carbonyl (C=O) groups is 2. The molecular formula is C31H41N3O2. The number of nitrogens with zero attached hydrogens (tertiary/aromatic N) is 1. The lowest BCUT2D eigenvalue weighted by molar-refractivity contribution is -0.139. The summed E-state index contributed by atoms with van der Waals surface area (Å²) in [5.41, 5.74) is 3.88. The van der Waals surface area contributed by atoms with Gasteiger partial charge in [-0.3, -0.25) is 9.59 Å². The molecule has 1 heterocycles. The summed E-state index contributed by atoms with van der Waals surface area (Å²) >= 11 is 0. The zero-order valence-electron chi connectivity index (χ0n) is 22.1. The first-order valence-electron chi connectivity index (χ1n) is 14.4. The van der Waals surface area contributed by atoms with Crippen LogP contribution in [0.3, 0.4) is 0 Å². The monoisotopic (exact) mass is 487 g/mol. The van der Waals surface area contributed by atoms with Crippen molar-refractivity contribution in [3.63, 3.8) is 0 Å². The maximum Gasteiger partial charge on any atom is 0.240 e. The quantitative estimate of drug-likeness (QED) is 0.528. The zero-order chi connectivity index (χ0) is 24.8. The van der Waals surface area contributed by atoms with Crippen LogP contribution >= 0.6 is 0 Å². The van der Waals surface area contributed by atoms with Crippen LogP contribution in [0, 0.1) is 36.0 Å². The van der Waals surface area contributed by atoms with Crippen LogP contribution in [0.1, 0.15) is 88.8 Å². The van der Waals surface area contributed by atoms with E-state index < -0.39 is 0 Å². The Labute approximate surface area is 214 Å². The number of para-hydroxylation sites is 1. The molecule has 0 aliphatic heterocycles. The fraction of sp³-hybridized carbons (Fsp3) is 0.677. The van der Waals surface area contributed by atoms with Crippen molar-refractivity contribution in [3.8, 4) is 0 Å². The molecule has 6 aliphatic carbocycles. The van der Waals surface area contributed by atoms with Gasteiger partial charge in [0.2, 0.25) is 11.8 Å². The molecule has 5 heteroatoms. The van der Waals surface area contributed by atoms with E-state index in [2.05, 4.69) is 55.3 Å². The van der Waals surface area contributed by atoms with Crippen LogP contribution in [0.25, 0.3) is 10.9 Å². The fourth-order valence-corrected chi connectivity index (χ4v) is 9.26. The van der Waals surface area contributed by atoms with Crippen molar-refractivity contribution in [2.45, 2.75) is 96.1 Å². The zero-order valence-corrected chi connectivity index (χ0v) is 22.1. The second-order valence-electron chi connectivity index (χ2n) is 13.8.